The summed E-state index contributed by atoms with van der Waals surface area (Å²) in [5.41, 5.74) is 7.74. The Morgan fingerprint density at radius 2 is 1.90 bits per heavy atom. The topological polar surface area (TPSA) is 43.8 Å². The number of hydrogen-bond acceptors (Lipinski definition) is 3. The van der Waals surface area contributed by atoms with Gasteiger partial charge in [-0.25, -0.2) is 4.98 Å². The Morgan fingerprint density at radius 1 is 1.14 bits per heavy atom. The zero-order valence-electron chi connectivity index (χ0n) is 10.6. The average molecular weight is 326 g/mol. The number of anilines is 1. The van der Waals surface area contributed by atoms with E-state index in [-0.39, 0.29) is 5.95 Å². The van der Waals surface area contributed by atoms with Crippen molar-refractivity contribution in [3.63, 3.8) is 0 Å². The number of thioether (sulfide) groups is 1. The molecule has 21 heavy (non-hydrogen) atoms. The smallest absolute Gasteiger partial charge is 0.288 e. The summed E-state index contributed by atoms with van der Waals surface area (Å²) in [5.74, 6) is -2.30. The molecule has 0 unspecified atom stereocenters. The van der Waals surface area contributed by atoms with Crippen molar-refractivity contribution in [2.24, 2.45) is 0 Å². The largest absolute Gasteiger partial charge is 0.369 e. The average Bonchev–Trinajstić information content (AvgIpc) is 2.77. The number of alkyl halides is 2. The molecule has 0 amide bonds. The van der Waals surface area contributed by atoms with E-state index < -0.39 is 5.76 Å². The molecule has 3 rings (SSSR count). The molecule has 1 heterocycles. The van der Waals surface area contributed by atoms with E-state index in [4.69, 9.17) is 17.3 Å². The lowest BCUT2D eigenvalue weighted by Gasteiger charge is -2.11. The van der Waals surface area contributed by atoms with Gasteiger partial charge in [0.15, 0.2) is 0 Å². The molecule has 3 aromatic rings. The molecule has 0 saturated heterocycles. The minimum absolute atomic E-state index is 0.209. The number of fused-ring (bicyclic) bond motifs is 1. The van der Waals surface area contributed by atoms with E-state index in [2.05, 4.69) is 4.98 Å². The highest BCUT2D eigenvalue weighted by Gasteiger charge is 2.16. The predicted octanol–water partition coefficient (Wildman–Crippen LogP) is 4.58. The lowest BCUT2D eigenvalue weighted by molar-refractivity contribution is 0.252. The van der Waals surface area contributed by atoms with Gasteiger partial charge >= 0.3 is 0 Å². The second-order valence-corrected chi connectivity index (χ2v) is 5.70. The van der Waals surface area contributed by atoms with E-state index in [1.54, 1.807) is 47.0 Å². The summed E-state index contributed by atoms with van der Waals surface area (Å²) in [6, 6.07) is 12.1. The summed E-state index contributed by atoms with van der Waals surface area (Å²) >= 11 is 6.57. The Morgan fingerprint density at radius 3 is 2.67 bits per heavy atom. The van der Waals surface area contributed by atoms with Crippen LogP contribution in [-0.4, -0.2) is 15.3 Å². The van der Waals surface area contributed by atoms with Crippen molar-refractivity contribution >= 4 is 40.3 Å². The molecule has 0 bridgehead atoms. The number of imidazole rings is 1. The molecule has 2 N–H and O–H groups in total. The molecule has 2 aromatic carbocycles. The molecule has 0 fully saturated rings. The quantitative estimate of drug-likeness (QED) is 0.717. The van der Waals surface area contributed by atoms with Crippen LogP contribution in [-0.2, 0) is 0 Å². The van der Waals surface area contributed by atoms with Crippen molar-refractivity contribution in [2.75, 3.05) is 5.73 Å². The Labute approximate surface area is 128 Å². The minimum atomic E-state index is -2.51. The molecule has 0 atom stereocenters. The van der Waals surface area contributed by atoms with Gasteiger partial charge in [0.05, 0.1) is 16.2 Å². The highest BCUT2D eigenvalue weighted by Crippen LogP contribution is 2.35. The molecular formula is C14H10ClF2N3S. The van der Waals surface area contributed by atoms with Gasteiger partial charge in [-0.1, -0.05) is 41.6 Å². The SMILES string of the molecule is Nc1nc2c(Cl)cccc2n1-c1ccccc1SC(F)F. The number of aromatic nitrogens is 2. The number of nitrogens with zero attached hydrogens (tertiary/aromatic N) is 2. The number of para-hydroxylation sites is 2. The number of nitrogens with two attached hydrogens (primary N) is 1. The zero-order valence-corrected chi connectivity index (χ0v) is 12.2. The van der Waals surface area contributed by atoms with Gasteiger partial charge in [-0.15, -0.1) is 0 Å². The van der Waals surface area contributed by atoms with E-state index in [0.717, 1.165) is 0 Å². The molecule has 108 valence electrons. The van der Waals surface area contributed by atoms with Crippen molar-refractivity contribution < 1.29 is 8.78 Å². The highest BCUT2D eigenvalue weighted by molar-refractivity contribution is 7.99. The van der Waals surface area contributed by atoms with Gasteiger partial charge in [-0.2, -0.15) is 8.78 Å². The number of nitrogen functional groups attached to an aromatic ring is 1. The summed E-state index contributed by atoms with van der Waals surface area (Å²) in [6.07, 6.45) is 0. The highest BCUT2D eigenvalue weighted by atomic mass is 35.5. The lowest BCUT2D eigenvalue weighted by atomic mass is 10.3. The van der Waals surface area contributed by atoms with Gasteiger partial charge in [-0.05, 0) is 24.3 Å². The first-order valence-corrected chi connectivity index (χ1v) is 7.30. The van der Waals surface area contributed by atoms with E-state index >= 15 is 0 Å². The van der Waals surface area contributed by atoms with E-state index in [1.165, 1.54) is 0 Å². The van der Waals surface area contributed by atoms with Crippen molar-refractivity contribution in [1.82, 2.24) is 9.55 Å². The third-order valence-electron chi connectivity index (χ3n) is 2.98. The maximum Gasteiger partial charge on any atom is 0.288 e. The predicted molar refractivity (Wildman–Crippen MR) is 82.4 cm³/mol. The van der Waals surface area contributed by atoms with Gasteiger partial charge in [0.25, 0.3) is 5.76 Å². The first-order valence-electron chi connectivity index (χ1n) is 6.04. The van der Waals surface area contributed by atoms with Crippen LogP contribution in [0, 0.1) is 0 Å². The first kappa shape index (κ1) is 14.2. The molecule has 0 radical (unpaired) electrons. The van der Waals surface area contributed by atoms with Crippen LogP contribution in [0.4, 0.5) is 14.7 Å². The van der Waals surface area contributed by atoms with Crippen molar-refractivity contribution in [1.29, 1.82) is 0 Å². The van der Waals surface area contributed by atoms with Gasteiger partial charge in [0.1, 0.15) is 5.52 Å². The van der Waals surface area contributed by atoms with Crippen LogP contribution in [0.25, 0.3) is 16.7 Å². The fraction of sp³-hybridized carbons (Fsp3) is 0.0714. The molecule has 3 nitrogen and oxygen atoms in total. The van der Waals surface area contributed by atoms with Crippen molar-refractivity contribution in [2.45, 2.75) is 10.7 Å². The Balaban J connectivity index is 2.26. The maximum atomic E-state index is 12.7. The Kier molecular flexibility index (Phi) is 3.73. The van der Waals surface area contributed by atoms with Crippen LogP contribution < -0.4 is 5.73 Å². The van der Waals surface area contributed by atoms with Crippen molar-refractivity contribution in [3.8, 4) is 5.69 Å². The van der Waals surface area contributed by atoms with Crippen LogP contribution in [0.2, 0.25) is 5.02 Å². The zero-order chi connectivity index (χ0) is 15.0. The molecule has 0 aliphatic carbocycles. The summed E-state index contributed by atoms with van der Waals surface area (Å²) in [6.45, 7) is 0. The summed E-state index contributed by atoms with van der Waals surface area (Å²) in [5, 5.41) is 0.469. The molecule has 0 aliphatic heterocycles. The number of rotatable bonds is 3. The number of hydrogen-bond donors (Lipinski definition) is 1. The van der Waals surface area contributed by atoms with Crippen molar-refractivity contribution in [3.05, 3.63) is 47.5 Å². The second kappa shape index (κ2) is 5.54. The van der Waals surface area contributed by atoms with Crippen LogP contribution in [0.1, 0.15) is 0 Å². The van der Waals surface area contributed by atoms with E-state index in [9.17, 15) is 8.78 Å². The molecule has 1 aromatic heterocycles. The third-order valence-corrected chi connectivity index (χ3v) is 4.07. The van der Waals surface area contributed by atoms with Gasteiger partial charge in [0, 0.05) is 4.90 Å². The fourth-order valence-corrected chi connectivity index (χ4v) is 3.01. The monoisotopic (exact) mass is 325 g/mol. The standard InChI is InChI=1S/C14H10ClF2N3S/c15-8-4-3-6-10-12(8)19-14(18)20(10)9-5-1-2-7-11(9)21-13(16)17/h1-7,13H,(H2,18,19). The summed E-state index contributed by atoms with van der Waals surface area (Å²) < 4.78 is 27.0. The van der Waals surface area contributed by atoms with Gasteiger partial charge in [-0.3, -0.25) is 4.57 Å². The first-order chi connectivity index (χ1) is 10.1. The van der Waals surface area contributed by atoms with Crippen LogP contribution >= 0.6 is 23.4 Å². The van der Waals surface area contributed by atoms with Crippen LogP contribution in [0.3, 0.4) is 0 Å². The molecule has 7 heteroatoms. The molecule has 0 spiro atoms. The summed E-state index contributed by atoms with van der Waals surface area (Å²) in [4.78, 5) is 4.65. The van der Waals surface area contributed by atoms with Crippen LogP contribution in [0.15, 0.2) is 47.4 Å². The second-order valence-electron chi connectivity index (χ2n) is 4.26. The van der Waals surface area contributed by atoms with E-state index in [0.29, 0.717) is 38.4 Å². The maximum absolute atomic E-state index is 12.7. The van der Waals surface area contributed by atoms with Gasteiger partial charge in [0.2, 0.25) is 5.95 Å². The lowest BCUT2D eigenvalue weighted by Crippen LogP contribution is -2.02. The normalized spacial score (nSPS) is 11.4. The summed E-state index contributed by atoms with van der Waals surface area (Å²) in [7, 11) is 0. The minimum Gasteiger partial charge on any atom is -0.369 e. The Bertz CT molecular complexity index is 804. The third kappa shape index (κ3) is 2.56. The molecular weight excluding hydrogens is 316 g/mol. The number of benzene rings is 2. The van der Waals surface area contributed by atoms with Gasteiger partial charge < -0.3 is 5.73 Å². The number of halogens is 3. The fourth-order valence-electron chi connectivity index (χ4n) is 2.17. The molecule has 0 saturated carbocycles. The Hall–Kier alpha value is -1.79. The molecule has 0 aliphatic rings. The van der Waals surface area contributed by atoms with Crippen LogP contribution in [0.5, 0.6) is 0 Å². The van der Waals surface area contributed by atoms with E-state index in [1.807, 2.05) is 0 Å².